The largest absolute Gasteiger partial charge is 0.507 e. The fourth-order valence-electron chi connectivity index (χ4n) is 0.814. The van der Waals surface area contributed by atoms with Gasteiger partial charge in [0.25, 0.3) is 5.91 Å². The molecule has 11 heavy (non-hydrogen) atoms. The Morgan fingerprint density at radius 2 is 2.27 bits per heavy atom. The topological polar surface area (TPSA) is 84.6 Å². The maximum Gasteiger partial charge on any atom is 0.293 e. The van der Waals surface area contributed by atoms with Gasteiger partial charge in [0.1, 0.15) is 6.54 Å². The summed E-state index contributed by atoms with van der Waals surface area (Å²) in [7, 11) is 0. The highest BCUT2D eigenvalue weighted by molar-refractivity contribution is 5.94. The average molecular weight is 154 g/mol. The van der Waals surface area contributed by atoms with E-state index in [1.165, 1.54) is 0 Å². The van der Waals surface area contributed by atoms with E-state index in [-0.39, 0.29) is 18.8 Å². The molecule has 0 aromatic carbocycles. The van der Waals surface area contributed by atoms with Crippen molar-refractivity contribution in [3.8, 4) is 6.07 Å². The summed E-state index contributed by atoms with van der Waals surface area (Å²) in [5.74, 6) is -1.71. The van der Waals surface area contributed by atoms with Crippen LogP contribution in [-0.4, -0.2) is 34.1 Å². The molecule has 1 aliphatic rings. The lowest BCUT2D eigenvalue weighted by atomic mass is 10.5. The summed E-state index contributed by atoms with van der Waals surface area (Å²) >= 11 is 0. The maximum atomic E-state index is 10.8. The first-order valence-electron chi connectivity index (χ1n) is 2.94. The van der Waals surface area contributed by atoms with Gasteiger partial charge in [-0.15, -0.1) is 0 Å². The lowest BCUT2D eigenvalue weighted by Gasteiger charge is -2.08. The molecule has 5 nitrogen and oxygen atoms in total. The highest BCUT2D eigenvalue weighted by Crippen LogP contribution is 2.12. The van der Waals surface area contributed by atoms with Crippen LogP contribution in [0.25, 0.3) is 0 Å². The molecule has 58 valence electrons. The van der Waals surface area contributed by atoms with Crippen molar-refractivity contribution in [2.24, 2.45) is 0 Å². The van der Waals surface area contributed by atoms with Gasteiger partial charge < -0.3 is 15.1 Å². The van der Waals surface area contributed by atoms with Gasteiger partial charge in [-0.2, -0.15) is 5.26 Å². The van der Waals surface area contributed by atoms with Gasteiger partial charge in [-0.1, -0.05) is 0 Å². The molecule has 1 amide bonds. The van der Waals surface area contributed by atoms with Gasteiger partial charge >= 0.3 is 0 Å². The van der Waals surface area contributed by atoms with Gasteiger partial charge in [-0.25, -0.2) is 0 Å². The first-order chi connectivity index (χ1) is 5.16. The molecule has 5 heteroatoms. The van der Waals surface area contributed by atoms with E-state index in [1.54, 1.807) is 6.07 Å². The number of nitriles is 1. The van der Waals surface area contributed by atoms with E-state index in [2.05, 4.69) is 0 Å². The Hall–Kier alpha value is -1.70. The average Bonchev–Trinajstić information content (AvgIpc) is 2.19. The lowest BCUT2D eigenvalue weighted by molar-refractivity contribution is -0.127. The second-order valence-electron chi connectivity index (χ2n) is 2.11. The molecular formula is C6H6N2O3. The van der Waals surface area contributed by atoms with Crippen LogP contribution in [0, 0.1) is 11.3 Å². The number of rotatable bonds is 1. The fourth-order valence-corrected chi connectivity index (χ4v) is 0.814. The molecule has 0 unspecified atom stereocenters. The van der Waals surface area contributed by atoms with Crippen molar-refractivity contribution in [1.29, 1.82) is 5.26 Å². The number of hydrogen-bond acceptors (Lipinski definition) is 4. The first-order valence-corrected chi connectivity index (χ1v) is 2.94. The van der Waals surface area contributed by atoms with Gasteiger partial charge in [0.05, 0.1) is 12.6 Å². The zero-order valence-corrected chi connectivity index (χ0v) is 5.61. The van der Waals surface area contributed by atoms with E-state index in [0.29, 0.717) is 0 Å². The summed E-state index contributed by atoms with van der Waals surface area (Å²) in [4.78, 5) is 11.9. The summed E-state index contributed by atoms with van der Waals surface area (Å²) in [5.41, 5.74) is 0. The minimum absolute atomic E-state index is 0.0712. The van der Waals surface area contributed by atoms with E-state index >= 15 is 0 Å². The smallest absolute Gasteiger partial charge is 0.293 e. The highest BCUT2D eigenvalue weighted by atomic mass is 16.3. The van der Waals surface area contributed by atoms with Crippen LogP contribution in [0.4, 0.5) is 0 Å². The van der Waals surface area contributed by atoms with Crippen molar-refractivity contribution in [2.45, 2.75) is 0 Å². The lowest BCUT2D eigenvalue weighted by Crippen LogP contribution is -2.27. The fraction of sp³-hybridized carbons (Fsp3) is 0.333. The first kappa shape index (κ1) is 7.41. The van der Waals surface area contributed by atoms with Crippen molar-refractivity contribution < 1.29 is 15.0 Å². The normalized spacial score (nSPS) is 17.4. The quantitative estimate of drug-likeness (QED) is 0.507. The van der Waals surface area contributed by atoms with Crippen LogP contribution >= 0.6 is 0 Å². The van der Waals surface area contributed by atoms with Crippen LogP contribution in [0.3, 0.4) is 0 Å². The standard InChI is InChI=1S/C6H6N2O3/c7-1-2-8-3-4(9)5(10)6(8)11/h9-10H,2-3H2. The third kappa shape index (κ3) is 1.10. The van der Waals surface area contributed by atoms with Gasteiger partial charge in [0.15, 0.2) is 5.76 Å². The minimum atomic E-state index is -0.691. The van der Waals surface area contributed by atoms with Gasteiger partial charge in [0.2, 0.25) is 5.76 Å². The number of amides is 1. The minimum Gasteiger partial charge on any atom is -0.507 e. The summed E-state index contributed by atoms with van der Waals surface area (Å²) in [6.07, 6.45) is 0. The number of aliphatic hydroxyl groups excluding tert-OH is 2. The zero-order valence-electron chi connectivity index (χ0n) is 5.61. The van der Waals surface area contributed by atoms with Crippen LogP contribution < -0.4 is 0 Å². The van der Waals surface area contributed by atoms with E-state index in [1.807, 2.05) is 0 Å². The SMILES string of the molecule is N#CCN1CC(O)=C(O)C1=O. The van der Waals surface area contributed by atoms with Crippen molar-refractivity contribution in [2.75, 3.05) is 13.1 Å². The van der Waals surface area contributed by atoms with Gasteiger partial charge in [0, 0.05) is 0 Å². The molecule has 0 saturated carbocycles. The van der Waals surface area contributed by atoms with Crippen LogP contribution in [0.5, 0.6) is 0 Å². The summed E-state index contributed by atoms with van der Waals surface area (Å²) in [6.45, 7) is -0.189. The molecule has 0 bridgehead atoms. The van der Waals surface area contributed by atoms with Crippen LogP contribution in [-0.2, 0) is 4.79 Å². The Morgan fingerprint density at radius 3 is 2.64 bits per heavy atom. The van der Waals surface area contributed by atoms with E-state index < -0.39 is 11.7 Å². The molecule has 2 N–H and O–H groups in total. The van der Waals surface area contributed by atoms with Gasteiger partial charge in [-0.3, -0.25) is 4.79 Å². The van der Waals surface area contributed by atoms with E-state index in [4.69, 9.17) is 15.5 Å². The van der Waals surface area contributed by atoms with E-state index in [0.717, 1.165) is 4.90 Å². The van der Waals surface area contributed by atoms with Crippen LogP contribution in [0.1, 0.15) is 0 Å². The third-order valence-electron chi connectivity index (χ3n) is 1.37. The van der Waals surface area contributed by atoms with Crippen molar-refractivity contribution >= 4 is 5.91 Å². The van der Waals surface area contributed by atoms with Crippen molar-refractivity contribution in [3.05, 3.63) is 11.5 Å². The molecule has 0 aromatic heterocycles. The highest BCUT2D eigenvalue weighted by Gasteiger charge is 2.29. The Balaban J connectivity index is 2.72. The monoisotopic (exact) mass is 154 g/mol. The molecular weight excluding hydrogens is 148 g/mol. The molecule has 0 fully saturated rings. The molecule has 1 rings (SSSR count). The number of carbonyl (C=O) groups excluding carboxylic acids is 1. The predicted octanol–water partition coefficient (Wildman–Crippen LogP) is -0.320. The molecule has 0 saturated heterocycles. The van der Waals surface area contributed by atoms with E-state index in [9.17, 15) is 4.79 Å². The summed E-state index contributed by atoms with van der Waals surface area (Å²) in [6, 6.07) is 1.74. The molecule has 0 aliphatic carbocycles. The Bertz CT molecular complexity index is 263. The Labute approximate surface area is 62.8 Å². The maximum absolute atomic E-state index is 10.8. The third-order valence-corrected chi connectivity index (χ3v) is 1.37. The second kappa shape index (κ2) is 2.50. The molecule has 1 aliphatic heterocycles. The molecule has 0 atom stereocenters. The molecule has 0 radical (unpaired) electrons. The predicted molar refractivity (Wildman–Crippen MR) is 34.5 cm³/mol. The van der Waals surface area contributed by atoms with Crippen LogP contribution in [0.2, 0.25) is 0 Å². The molecule has 0 spiro atoms. The zero-order chi connectivity index (χ0) is 8.43. The Kier molecular flexibility index (Phi) is 1.68. The van der Waals surface area contributed by atoms with Crippen molar-refractivity contribution in [3.63, 3.8) is 0 Å². The molecule has 1 heterocycles. The second-order valence-corrected chi connectivity index (χ2v) is 2.11. The van der Waals surface area contributed by atoms with Crippen LogP contribution in [0.15, 0.2) is 11.5 Å². The number of nitrogens with zero attached hydrogens (tertiary/aromatic N) is 2. The number of hydrogen-bond donors (Lipinski definition) is 2. The number of carbonyl (C=O) groups is 1. The van der Waals surface area contributed by atoms with Crippen molar-refractivity contribution in [1.82, 2.24) is 4.90 Å². The van der Waals surface area contributed by atoms with Gasteiger partial charge in [-0.05, 0) is 0 Å². The Morgan fingerprint density at radius 1 is 1.64 bits per heavy atom. The summed E-state index contributed by atoms with van der Waals surface area (Å²) in [5, 5.41) is 25.8. The summed E-state index contributed by atoms with van der Waals surface area (Å²) < 4.78 is 0. The number of aliphatic hydroxyl groups is 2. The molecule has 0 aromatic rings.